The van der Waals surface area contributed by atoms with Gasteiger partial charge in [0, 0.05) is 0 Å². The first-order valence-electron chi connectivity index (χ1n) is 4.15. The van der Waals surface area contributed by atoms with Crippen LogP contribution in [0.15, 0.2) is 0 Å². The lowest BCUT2D eigenvalue weighted by atomic mass is 9.96. The van der Waals surface area contributed by atoms with Crippen LogP contribution >= 0.6 is 0 Å². The van der Waals surface area contributed by atoms with E-state index < -0.39 is 43.4 Å². The molecule has 0 aromatic carbocycles. The third-order valence-corrected chi connectivity index (χ3v) is 2.19. The molecule has 1 aliphatic rings. The Morgan fingerprint density at radius 3 is 2.07 bits per heavy atom. The van der Waals surface area contributed by atoms with Gasteiger partial charge in [0.15, 0.2) is 6.29 Å². The summed E-state index contributed by atoms with van der Waals surface area (Å²) < 4.78 is 4.62. The molecule has 4 unspecified atom stereocenters. The summed E-state index contributed by atoms with van der Waals surface area (Å²) in [5, 5.41) is 54.3. The van der Waals surface area contributed by atoms with Gasteiger partial charge in [0.1, 0.15) is 30.5 Å². The number of aliphatic hydroxyl groups excluding tert-OH is 6. The van der Waals surface area contributed by atoms with E-state index in [1.807, 2.05) is 0 Å². The van der Waals surface area contributed by atoms with Crippen LogP contribution in [0.3, 0.4) is 0 Å². The predicted molar refractivity (Wildman–Crippen MR) is 42.0 cm³/mol. The van der Waals surface area contributed by atoms with Crippen molar-refractivity contribution in [1.29, 1.82) is 0 Å². The van der Waals surface area contributed by atoms with Crippen molar-refractivity contribution in [3.8, 4) is 0 Å². The summed E-state index contributed by atoms with van der Waals surface area (Å²) in [5.41, 5.74) is 0. The number of aliphatic hydroxyl groups is 6. The van der Waals surface area contributed by atoms with Crippen molar-refractivity contribution < 1.29 is 35.4 Å². The molecule has 1 heterocycles. The molecule has 0 aromatic rings. The third-order valence-electron chi connectivity index (χ3n) is 2.19. The van der Waals surface area contributed by atoms with Gasteiger partial charge in [-0.2, -0.15) is 0 Å². The van der Waals surface area contributed by atoms with Crippen molar-refractivity contribution in [2.24, 2.45) is 0 Å². The van der Waals surface area contributed by atoms with Gasteiger partial charge in [0.05, 0.1) is 6.61 Å². The Bertz CT molecular complexity index is 187. The number of hydrogen-bond acceptors (Lipinski definition) is 7. The molecule has 7 nitrogen and oxygen atoms in total. The van der Waals surface area contributed by atoms with Gasteiger partial charge in [-0.15, -0.1) is 0 Å². The number of rotatable bonds is 2. The van der Waals surface area contributed by atoms with Crippen molar-refractivity contribution in [2.75, 3.05) is 6.61 Å². The highest BCUT2D eigenvalue weighted by molar-refractivity contribution is 4.91. The van der Waals surface area contributed by atoms with Gasteiger partial charge in [-0.1, -0.05) is 0 Å². The molecule has 0 bridgehead atoms. The van der Waals surface area contributed by atoms with Crippen molar-refractivity contribution >= 4 is 0 Å². The van der Waals surface area contributed by atoms with Gasteiger partial charge in [-0.05, 0) is 0 Å². The maximum absolute atomic E-state index is 9.31. The Labute approximate surface area is 79.8 Å². The van der Waals surface area contributed by atoms with Crippen LogP contribution < -0.4 is 0 Å². The molecule has 7 heteroatoms. The summed E-state index contributed by atoms with van der Waals surface area (Å²) in [5.74, 6) is 0. The Morgan fingerprint density at radius 1 is 1.00 bits per heavy atom. The Balaban J connectivity index is 2.70. The van der Waals surface area contributed by atoms with E-state index in [1.54, 1.807) is 0 Å². The number of hydrogen-bond donors (Lipinski definition) is 6. The Morgan fingerprint density at radius 2 is 1.57 bits per heavy atom. The normalized spacial score (nSPS) is 46.3. The van der Waals surface area contributed by atoms with Crippen LogP contribution in [0.5, 0.6) is 0 Å². The molecular weight excluding hydrogens is 196 g/mol. The van der Waals surface area contributed by atoms with Crippen molar-refractivity contribution in [3.63, 3.8) is 0 Å². The third kappa shape index (κ3) is 2.04. The zero-order valence-electron chi connectivity index (χ0n) is 7.26. The van der Waals surface area contributed by atoms with Crippen LogP contribution in [-0.4, -0.2) is 74.1 Å². The molecule has 6 N–H and O–H groups in total. The molecule has 1 rings (SSSR count). The fourth-order valence-corrected chi connectivity index (χ4v) is 1.31. The molecule has 0 aromatic heterocycles. The highest BCUT2D eigenvalue weighted by Crippen LogP contribution is 2.21. The van der Waals surface area contributed by atoms with Crippen LogP contribution in [-0.2, 0) is 4.74 Å². The monoisotopic (exact) mass is 210 g/mol. The van der Waals surface area contributed by atoms with Crippen LogP contribution in [0.1, 0.15) is 0 Å². The van der Waals surface area contributed by atoms with Crippen LogP contribution in [0.4, 0.5) is 0 Å². The SMILES string of the molecule is OC[C@@H](O)C1OC(O)C(O)C(O)[C@@H]1O. The molecule has 0 saturated carbocycles. The van der Waals surface area contributed by atoms with Gasteiger partial charge in [0.25, 0.3) is 0 Å². The first kappa shape index (κ1) is 11.8. The quantitative estimate of drug-likeness (QED) is 0.275. The molecule has 1 fully saturated rings. The summed E-state index contributed by atoms with van der Waals surface area (Å²) in [6.07, 6.45) is -9.26. The van der Waals surface area contributed by atoms with Crippen molar-refractivity contribution in [2.45, 2.75) is 36.8 Å². The lowest BCUT2D eigenvalue weighted by Crippen LogP contribution is -2.61. The highest BCUT2D eigenvalue weighted by Gasteiger charge is 2.45. The van der Waals surface area contributed by atoms with E-state index in [1.165, 1.54) is 0 Å². The molecule has 0 radical (unpaired) electrons. The molecule has 14 heavy (non-hydrogen) atoms. The lowest BCUT2D eigenvalue weighted by Gasteiger charge is -2.39. The highest BCUT2D eigenvalue weighted by atomic mass is 16.6. The fraction of sp³-hybridized carbons (Fsp3) is 1.00. The summed E-state index contributed by atoms with van der Waals surface area (Å²) in [4.78, 5) is 0. The fourth-order valence-electron chi connectivity index (χ4n) is 1.31. The second-order valence-corrected chi connectivity index (χ2v) is 3.21. The second kappa shape index (κ2) is 4.49. The average molecular weight is 210 g/mol. The van der Waals surface area contributed by atoms with E-state index in [2.05, 4.69) is 4.74 Å². The first-order chi connectivity index (χ1) is 6.49. The maximum Gasteiger partial charge on any atom is 0.184 e. The standard InChI is InChI=1S/C7H14O7/c8-1-2(9)6-4(11)3(10)5(12)7(13)14-6/h2-13H,1H2/t2-,3?,4+,5?,6?,7?/m1/s1. The minimum absolute atomic E-state index is 0.683. The van der Waals surface area contributed by atoms with E-state index in [0.29, 0.717) is 0 Å². The maximum atomic E-state index is 9.31. The molecule has 1 saturated heterocycles. The predicted octanol–water partition coefficient (Wildman–Crippen LogP) is -3.86. The second-order valence-electron chi connectivity index (χ2n) is 3.21. The molecule has 0 spiro atoms. The minimum atomic E-state index is -1.69. The van der Waals surface area contributed by atoms with Crippen molar-refractivity contribution in [3.05, 3.63) is 0 Å². The summed E-state index contributed by atoms with van der Waals surface area (Å²) in [6, 6.07) is 0. The lowest BCUT2D eigenvalue weighted by molar-refractivity contribution is -0.298. The molecule has 84 valence electrons. The molecule has 1 aliphatic heterocycles. The van der Waals surface area contributed by atoms with Gasteiger partial charge in [-0.25, -0.2) is 0 Å². The summed E-state index contributed by atoms with van der Waals surface area (Å²) in [7, 11) is 0. The minimum Gasteiger partial charge on any atom is -0.394 e. The Kier molecular flexibility index (Phi) is 3.78. The van der Waals surface area contributed by atoms with E-state index in [9.17, 15) is 10.2 Å². The molecule has 0 amide bonds. The molecule has 0 aliphatic carbocycles. The van der Waals surface area contributed by atoms with Gasteiger partial charge in [0.2, 0.25) is 0 Å². The van der Waals surface area contributed by atoms with E-state index in [0.717, 1.165) is 0 Å². The average Bonchev–Trinajstić information content (AvgIpc) is 2.19. The van der Waals surface area contributed by atoms with E-state index in [4.69, 9.17) is 20.4 Å². The zero-order valence-corrected chi connectivity index (χ0v) is 7.26. The first-order valence-corrected chi connectivity index (χ1v) is 4.15. The van der Waals surface area contributed by atoms with Crippen molar-refractivity contribution in [1.82, 2.24) is 0 Å². The van der Waals surface area contributed by atoms with Gasteiger partial charge < -0.3 is 35.4 Å². The molecule has 6 atom stereocenters. The summed E-state index contributed by atoms with van der Waals surface area (Å²) in [6.45, 7) is -0.683. The largest absolute Gasteiger partial charge is 0.394 e. The van der Waals surface area contributed by atoms with Crippen LogP contribution in [0, 0.1) is 0 Å². The smallest absolute Gasteiger partial charge is 0.184 e. The van der Waals surface area contributed by atoms with Gasteiger partial charge >= 0.3 is 0 Å². The molecular formula is C7H14O7. The van der Waals surface area contributed by atoms with Crippen LogP contribution in [0.2, 0.25) is 0 Å². The topological polar surface area (TPSA) is 131 Å². The Hall–Kier alpha value is -0.280. The zero-order chi connectivity index (χ0) is 10.9. The summed E-state index contributed by atoms with van der Waals surface area (Å²) >= 11 is 0. The van der Waals surface area contributed by atoms with Gasteiger partial charge in [-0.3, -0.25) is 0 Å². The number of ether oxygens (including phenoxy) is 1. The van der Waals surface area contributed by atoms with E-state index >= 15 is 0 Å². The van der Waals surface area contributed by atoms with Crippen LogP contribution in [0.25, 0.3) is 0 Å². The van der Waals surface area contributed by atoms with E-state index in [-0.39, 0.29) is 0 Å².